The number of amides is 3. The second-order valence-corrected chi connectivity index (χ2v) is 5.50. The van der Waals surface area contributed by atoms with Gasteiger partial charge in [-0.15, -0.1) is 0 Å². The van der Waals surface area contributed by atoms with Gasteiger partial charge in [-0.25, -0.2) is 9.78 Å². The van der Waals surface area contributed by atoms with Crippen LogP contribution in [0.4, 0.5) is 18.0 Å². The van der Waals surface area contributed by atoms with Crippen LogP contribution in [-0.4, -0.2) is 40.8 Å². The highest BCUT2D eigenvalue weighted by Gasteiger charge is 2.27. The third kappa shape index (κ3) is 6.11. The Morgan fingerprint density at radius 3 is 2.46 bits per heavy atom. The lowest BCUT2D eigenvalue weighted by atomic mass is 10.1. The molecule has 0 aliphatic carbocycles. The van der Waals surface area contributed by atoms with Gasteiger partial charge in [0.15, 0.2) is 0 Å². The molecule has 0 aliphatic heterocycles. The lowest BCUT2D eigenvalue weighted by Crippen LogP contribution is -2.44. The molecule has 0 bridgehead atoms. The molecule has 10 heteroatoms. The Balaban J connectivity index is 1.78. The van der Waals surface area contributed by atoms with Crippen molar-refractivity contribution in [1.29, 1.82) is 0 Å². The molecule has 1 aromatic heterocycles. The number of hydrogen-bond donors (Lipinski definition) is 3. The van der Waals surface area contributed by atoms with Crippen molar-refractivity contribution in [2.45, 2.75) is 19.1 Å². The van der Waals surface area contributed by atoms with Crippen LogP contribution in [0, 0.1) is 0 Å². The van der Waals surface area contributed by atoms with Crippen molar-refractivity contribution in [2.24, 2.45) is 0 Å². The zero-order valence-electron chi connectivity index (χ0n) is 13.9. The maximum absolute atomic E-state index is 12.0. The second-order valence-electron chi connectivity index (χ2n) is 5.50. The zero-order chi connectivity index (χ0) is 19.2. The Labute approximate surface area is 147 Å². The normalized spacial score (nSPS) is 12.3. The van der Waals surface area contributed by atoms with Gasteiger partial charge in [-0.05, 0) is 24.6 Å². The van der Waals surface area contributed by atoms with Crippen LogP contribution >= 0.6 is 0 Å². The minimum atomic E-state index is -4.49. The molecule has 3 amide bonds. The highest BCUT2D eigenvalue weighted by atomic mass is 19.4. The van der Waals surface area contributed by atoms with Gasteiger partial charge in [0.2, 0.25) is 5.91 Å². The van der Waals surface area contributed by atoms with E-state index in [-0.39, 0.29) is 6.04 Å². The molecule has 0 aliphatic rings. The molecule has 1 heterocycles. The third-order valence-electron chi connectivity index (χ3n) is 3.44. The standard InChI is InChI=1S/C16H18F3N5O2/c1-11(12-2-4-13(5-3-12)24-7-6-20-10-24)23-15(26)21-8-14(25)22-9-16(17,18)19/h2-7,10-11H,8-9H2,1H3,(H,22,25)(H2,21,23,26)/t11-/m1/s1. The summed E-state index contributed by atoms with van der Waals surface area (Å²) in [6, 6.07) is 6.37. The van der Waals surface area contributed by atoms with Crippen LogP contribution in [0.25, 0.3) is 5.69 Å². The van der Waals surface area contributed by atoms with E-state index in [1.54, 1.807) is 31.0 Å². The predicted molar refractivity (Wildman–Crippen MR) is 87.6 cm³/mol. The number of alkyl halides is 3. The molecule has 140 valence electrons. The van der Waals surface area contributed by atoms with Crippen LogP contribution in [0.5, 0.6) is 0 Å². The first-order valence-electron chi connectivity index (χ1n) is 7.71. The fraction of sp³-hybridized carbons (Fsp3) is 0.312. The van der Waals surface area contributed by atoms with E-state index >= 15 is 0 Å². The number of carbonyl (C=O) groups excluding carboxylic acids is 2. The van der Waals surface area contributed by atoms with E-state index in [0.29, 0.717) is 0 Å². The maximum Gasteiger partial charge on any atom is 0.405 e. The summed E-state index contributed by atoms with van der Waals surface area (Å²) in [5.41, 5.74) is 1.73. The molecular weight excluding hydrogens is 351 g/mol. The highest BCUT2D eigenvalue weighted by Crippen LogP contribution is 2.15. The molecule has 26 heavy (non-hydrogen) atoms. The lowest BCUT2D eigenvalue weighted by Gasteiger charge is -2.16. The minimum Gasteiger partial charge on any atom is -0.345 e. The van der Waals surface area contributed by atoms with E-state index in [4.69, 9.17) is 0 Å². The topological polar surface area (TPSA) is 88.0 Å². The Hall–Kier alpha value is -3.04. The van der Waals surface area contributed by atoms with E-state index in [1.807, 2.05) is 28.8 Å². The average molecular weight is 369 g/mol. The molecular formula is C16H18F3N5O2. The molecule has 3 N–H and O–H groups in total. The van der Waals surface area contributed by atoms with Crippen LogP contribution in [0.1, 0.15) is 18.5 Å². The van der Waals surface area contributed by atoms with E-state index in [2.05, 4.69) is 15.6 Å². The summed E-state index contributed by atoms with van der Waals surface area (Å²) in [6.07, 6.45) is 0.629. The van der Waals surface area contributed by atoms with E-state index < -0.39 is 31.2 Å². The number of nitrogens with one attached hydrogen (secondary N) is 3. The molecule has 1 aromatic carbocycles. The summed E-state index contributed by atoms with van der Waals surface area (Å²) in [4.78, 5) is 26.9. The molecule has 0 saturated heterocycles. The second kappa shape index (κ2) is 8.37. The average Bonchev–Trinajstić information content (AvgIpc) is 3.12. The van der Waals surface area contributed by atoms with Gasteiger partial charge in [0, 0.05) is 18.1 Å². The van der Waals surface area contributed by atoms with Gasteiger partial charge in [-0.1, -0.05) is 12.1 Å². The molecule has 0 unspecified atom stereocenters. The minimum absolute atomic E-state index is 0.356. The number of benzene rings is 1. The number of imidazole rings is 1. The van der Waals surface area contributed by atoms with E-state index in [0.717, 1.165) is 11.3 Å². The van der Waals surface area contributed by atoms with Crippen molar-refractivity contribution in [3.63, 3.8) is 0 Å². The monoisotopic (exact) mass is 369 g/mol. The maximum atomic E-state index is 12.0. The predicted octanol–water partition coefficient (Wildman–Crippen LogP) is 1.91. The van der Waals surface area contributed by atoms with Gasteiger partial charge in [-0.3, -0.25) is 4.79 Å². The Kier molecular flexibility index (Phi) is 6.21. The van der Waals surface area contributed by atoms with Gasteiger partial charge in [-0.2, -0.15) is 13.2 Å². The summed E-state index contributed by atoms with van der Waals surface area (Å²) in [7, 11) is 0. The van der Waals surface area contributed by atoms with E-state index in [9.17, 15) is 22.8 Å². The Morgan fingerprint density at radius 1 is 1.19 bits per heavy atom. The molecule has 0 radical (unpaired) electrons. The van der Waals surface area contributed by atoms with Gasteiger partial charge >= 0.3 is 12.2 Å². The first-order valence-corrected chi connectivity index (χ1v) is 7.71. The largest absolute Gasteiger partial charge is 0.405 e. The number of hydrogen-bond acceptors (Lipinski definition) is 3. The summed E-state index contributed by atoms with van der Waals surface area (Å²) in [5, 5.41) is 6.49. The number of rotatable bonds is 6. The molecule has 2 rings (SSSR count). The van der Waals surface area contributed by atoms with Crippen LogP contribution < -0.4 is 16.0 Å². The van der Waals surface area contributed by atoms with Gasteiger partial charge < -0.3 is 20.5 Å². The van der Waals surface area contributed by atoms with Crippen LogP contribution in [0.3, 0.4) is 0 Å². The SMILES string of the molecule is C[C@@H](NC(=O)NCC(=O)NCC(F)(F)F)c1ccc(-n2ccnc2)cc1. The van der Waals surface area contributed by atoms with Crippen LogP contribution in [0.15, 0.2) is 43.0 Å². The fourth-order valence-electron chi connectivity index (χ4n) is 2.10. The van der Waals surface area contributed by atoms with Crippen LogP contribution in [-0.2, 0) is 4.79 Å². The molecule has 7 nitrogen and oxygen atoms in total. The van der Waals surface area contributed by atoms with Gasteiger partial charge in [0.1, 0.15) is 6.54 Å². The first kappa shape index (κ1) is 19.3. The molecule has 0 spiro atoms. The van der Waals surface area contributed by atoms with Crippen molar-refractivity contribution in [3.05, 3.63) is 48.5 Å². The number of aromatic nitrogens is 2. The van der Waals surface area contributed by atoms with Crippen molar-refractivity contribution in [1.82, 2.24) is 25.5 Å². The first-order chi connectivity index (χ1) is 12.2. The molecule has 0 fully saturated rings. The van der Waals surface area contributed by atoms with Gasteiger partial charge in [0.05, 0.1) is 18.9 Å². The summed E-state index contributed by atoms with van der Waals surface area (Å²) in [5.74, 6) is -0.921. The third-order valence-corrected chi connectivity index (χ3v) is 3.44. The van der Waals surface area contributed by atoms with Crippen molar-refractivity contribution in [2.75, 3.05) is 13.1 Å². The number of halogens is 3. The van der Waals surface area contributed by atoms with E-state index in [1.165, 1.54) is 0 Å². The smallest absolute Gasteiger partial charge is 0.345 e. The number of urea groups is 1. The zero-order valence-corrected chi connectivity index (χ0v) is 13.9. The number of carbonyl (C=O) groups is 2. The molecule has 1 atom stereocenters. The highest BCUT2D eigenvalue weighted by molar-refractivity contribution is 5.84. The summed E-state index contributed by atoms with van der Waals surface area (Å²) < 4.78 is 37.7. The van der Waals surface area contributed by atoms with Crippen LogP contribution in [0.2, 0.25) is 0 Å². The summed E-state index contributed by atoms with van der Waals surface area (Å²) in [6.45, 7) is -0.238. The number of nitrogens with zero attached hydrogens (tertiary/aromatic N) is 2. The van der Waals surface area contributed by atoms with Crippen molar-refractivity contribution >= 4 is 11.9 Å². The van der Waals surface area contributed by atoms with Gasteiger partial charge in [0.25, 0.3) is 0 Å². The Morgan fingerprint density at radius 2 is 1.88 bits per heavy atom. The summed E-state index contributed by atoms with van der Waals surface area (Å²) >= 11 is 0. The lowest BCUT2D eigenvalue weighted by molar-refractivity contribution is -0.137. The molecule has 0 saturated carbocycles. The quantitative estimate of drug-likeness (QED) is 0.727. The molecule has 2 aromatic rings. The van der Waals surface area contributed by atoms with Crippen molar-refractivity contribution in [3.8, 4) is 5.69 Å². The Bertz CT molecular complexity index is 729. The van der Waals surface area contributed by atoms with Crippen molar-refractivity contribution < 1.29 is 22.8 Å². The fourth-order valence-corrected chi connectivity index (χ4v) is 2.10.